The molecule has 1 aromatic carbocycles. The number of piperidine rings is 1. The van der Waals surface area contributed by atoms with Crippen LogP contribution >= 0.6 is 0 Å². The van der Waals surface area contributed by atoms with Crippen LogP contribution < -0.4 is 11.1 Å². The second-order valence-electron chi connectivity index (χ2n) is 4.96. The highest BCUT2D eigenvalue weighted by Gasteiger charge is 2.19. The third kappa shape index (κ3) is 3.23. The van der Waals surface area contributed by atoms with E-state index < -0.39 is 0 Å². The number of carbonyl (C=O) groups is 1. The summed E-state index contributed by atoms with van der Waals surface area (Å²) in [5, 5.41) is 3.00. The zero-order valence-electron chi connectivity index (χ0n) is 10.9. The largest absolute Gasteiger partial charge is 0.399 e. The monoisotopic (exact) mass is 247 g/mol. The summed E-state index contributed by atoms with van der Waals surface area (Å²) >= 11 is 0. The van der Waals surface area contributed by atoms with Gasteiger partial charge in [0.1, 0.15) is 0 Å². The number of hydrogen-bond acceptors (Lipinski definition) is 3. The Bertz CT molecular complexity index is 402. The summed E-state index contributed by atoms with van der Waals surface area (Å²) in [5.74, 6) is -0.0195. The molecular weight excluding hydrogens is 226 g/mol. The predicted molar refractivity (Wildman–Crippen MR) is 73.5 cm³/mol. The van der Waals surface area contributed by atoms with Crippen molar-refractivity contribution in [3.05, 3.63) is 29.8 Å². The zero-order chi connectivity index (χ0) is 13.0. The SMILES string of the molecule is CN1CCCCC1CNC(=O)c1ccc(N)cc1. The van der Waals surface area contributed by atoms with Gasteiger partial charge in [-0.1, -0.05) is 6.42 Å². The number of nitrogens with two attached hydrogens (primary N) is 1. The second kappa shape index (κ2) is 5.87. The zero-order valence-corrected chi connectivity index (χ0v) is 10.9. The van der Waals surface area contributed by atoms with Crippen LogP contribution in [0.15, 0.2) is 24.3 Å². The van der Waals surface area contributed by atoms with E-state index >= 15 is 0 Å². The molecule has 1 aliphatic heterocycles. The predicted octanol–water partition coefficient (Wildman–Crippen LogP) is 1.48. The molecule has 1 fully saturated rings. The third-order valence-corrected chi connectivity index (χ3v) is 3.59. The van der Waals surface area contributed by atoms with Crippen molar-refractivity contribution in [2.75, 3.05) is 25.9 Å². The smallest absolute Gasteiger partial charge is 0.251 e. The number of likely N-dealkylation sites (tertiary alicyclic amines) is 1. The van der Waals surface area contributed by atoms with Crippen LogP contribution in [0.3, 0.4) is 0 Å². The molecule has 0 aromatic heterocycles. The van der Waals surface area contributed by atoms with E-state index in [0.717, 1.165) is 13.1 Å². The topological polar surface area (TPSA) is 58.4 Å². The molecule has 1 amide bonds. The van der Waals surface area contributed by atoms with Gasteiger partial charge in [-0.2, -0.15) is 0 Å². The Morgan fingerprint density at radius 2 is 2.11 bits per heavy atom. The van der Waals surface area contributed by atoms with Gasteiger partial charge in [0.05, 0.1) is 0 Å². The van der Waals surface area contributed by atoms with Gasteiger partial charge in [0.25, 0.3) is 5.91 Å². The number of nitrogen functional groups attached to an aromatic ring is 1. The van der Waals surface area contributed by atoms with Gasteiger partial charge < -0.3 is 16.0 Å². The molecule has 4 nitrogen and oxygen atoms in total. The third-order valence-electron chi connectivity index (χ3n) is 3.59. The molecule has 1 aliphatic rings. The fourth-order valence-electron chi connectivity index (χ4n) is 2.35. The quantitative estimate of drug-likeness (QED) is 0.795. The highest BCUT2D eigenvalue weighted by Crippen LogP contribution is 2.14. The number of nitrogens with one attached hydrogen (secondary N) is 1. The molecule has 1 aromatic rings. The minimum Gasteiger partial charge on any atom is -0.399 e. The van der Waals surface area contributed by atoms with Crippen LogP contribution in [0.2, 0.25) is 0 Å². The summed E-state index contributed by atoms with van der Waals surface area (Å²) < 4.78 is 0. The molecular formula is C14H21N3O. The lowest BCUT2D eigenvalue weighted by Gasteiger charge is -2.32. The van der Waals surface area contributed by atoms with Crippen LogP contribution in [0.4, 0.5) is 5.69 Å². The van der Waals surface area contributed by atoms with Crippen molar-refractivity contribution >= 4 is 11.6 Å². The van der Waals surface area contributed by atoms with Crippen LogP contribution in [-0.4, -0.2) is 37.0 Å². The molecule has 98 valence electrons. The molecule has 0 bridgehead atoms. The van der Waals surface area contributed by atoms with Crippen molar-refractivity contribution in [2.45, 2.75) is 25.3 Å². The Balaban J connectivity index is 1.86. The van der Waals surface area contributed by atoms with E-state index in [1.807, 2.05) is 0 Å². The van der Waals surface area contributed by atoms with Gasteiger partial charge in [-0.15, -0.1) is 0 Å². The Kier molecular flexibility index (Phi) is 4.20. The number of carbonyl (C=O) groups excluding carboxylic acids is 1. The Labute approximate surface area is 108 Å². The van der Waals surface area contributed by atoms with E-state index in [1.54, 1.807) is 24.3 Å². The van der Waals surface area contributed by atoms with Gasteiger partial charge in [-0.3, -0.25) is 4.79 Å². The molecule has 0 aliphatic carbocycles. The normalized spacial score (nSPS) is 20.6. The highest BCUT2D eigenvalue weighted by atomic mass is 16.1. The van der Waals surface area contributed by atoms with Crippen molar-refractivity contribution in [2.24, 2.45) is 0 Å². The first-order chi connectivity index (χ1) is 8.66. The number of amides is 1. The minimum absolute atomic E-state index is 0.0195. The summed E-state index contributed by atoms with van der Waals surface area (Å²) in [5.41, 5.74) is 6.95. The van der Waals surface area contributed by atoms with Gasteiger partial charge in [0.2, 0.25) is 0 Å². The number of likely N-dealkylation sites (N-methyl/N-ethyl adjacent to an activating group) is 1. The summed E-state index contributed by atoms with van der Waals surface area (Å²) in [6, 6.07) is 7.49. The molecule has 1 atom stereocenters. The molecule has 0 spiro atoms. The van der Waals surface area contributed by atoms with Crippen molar-refractivity contribution in [1.29, 1.82) is 0 Å². The van der Waals surface area contributed by atoms with Gasteiger partial charge in [0, 0.05) is 23.8 Å². The summed E-state index contributed by atoms with van der Waals surface area (Å²) in [7, 11) is 2.12. The lowest BCUT2D eigenvalue weighted by molar-refractivity contribution is 0.0928. The maximum absolute atomic E-state index is 11.9. The molecule has 0 saturated carbocycles. The Morgan fingerprint density at radius 1 is 1.39 bits per heavy atom. The summed E-state index contributed by atoms with van der Waals surface area (Å²) in [6.07, 6.45) is 3.68. The van der Waals surface area contributed by atoms with Crippen LogP contribution in [-0.2, 0) is 0 Å². The van der Waals surface area contributed by atoms with Gasteiger partial charge in [-0.25, -0.2) is 0 Å². The van der Waals surface area contributed by atoms with E-state index in [0.29, 0.717) is 17.3 Å². The number of anilines is 1. The standard InChI is InChI=1S/C14H21N3O/c1-17-9-3-2-4-13(17)10-16-14(18)11-5-7-12(15)8-6-11/h5-8,13H,2-4,9-10,15H2,1H3,(H,16,18). The molecule has 1 heterocycles. The van der Waals surface area contributed by atoms with E-state index in [1.165, 1.54) is 19.3 Å². The van der Waals surface area contributed by atoms with Crippen molar-refractivity contribution < 1.29 is 4.79 Å². The first-order valence-corrected chi connectivity index (χ1v) is 6.51. The average molecular weight is 247 g/mol. The number of nitrogens with zero attached hydrogens (tertiary/aromatic N) is 1. The molecule has 3 N–H and O–H groups in total. The molecule has 4 heteroatoms. The van der Waals surface area contributed by atoms with Gasteiger partial charge >= 0.3 is 0 Å². The molecule has 18 heavy (non-hydrogen) atoms. The Hall–Kier alpha value is -1.55. The van der Waals surface area contributed by atoms with Crippen molar-refractivity contribution in [1.82, 2.24) is 10.2 Å². The van der Waals surface area contributed by atoms with Crippen LogP contribution in [0.25, 0.3) is 0 Å². The fourth-order valence-corrected chi connectivity index (χ4v) is 2.35. The molecule has 1 saturated heterocycles. The summed E-state index contributed by atoms with van der Waals surface area (Å²) in [6.45, 7) is 1.85. The van der Waals surface area contributed by atoms with Gasteiger partial charge in [0.15, 0.2) is 0 Å². The van der Waals surface area contributed by atoms with Gasteiger partial charge in [-0.05, 0) is 50.7 Å². The Morgan fingerprint density at radius 3 is 2.78 bits per heavy atom. The molecule has 2 rings (SSSR count). The van der Waals surface area contributed by atoms with Crippen molar-refractivity contribution in [3.63, 3.8) is 0 Å². The van der Waals surface area contributed by atoms with E-state index in [-0.39, 0.29) is 5.91 Å². The average Bonchev–Trinajstić information content (AvgIpc) is 2.38. The first-order valence-electron chi connectivity index (χ1n) is 6.51. The molecule has 0 radical (unpaired) electrons. The second-order valence-corrected chi connectivity index (χ2v) is 4.96. The molecule has 1 unspecified atom stereocenters. The first kappa shape index (κ1) is 12.9. The van der Waals surface area contributed by atoms with Crippen molar-refractivity contribution in [3.8, 4) is 0 Å². The highest BCUT2D eigenvalue weighted by molar-refractivity contribution is 5.94. The lowest BCUT2D eigenvalue weighted by atomic mass is 10.0. The maximum atomic E-state index is 11.9. The van der Waals surface area contributed by atoms with E-state index in [4.69, 9.17) is 5.73 Å². The summed E-state index contributed by atoms with van der Waals surface area (Å²) in [4.78, 5) is 14.3. The van der Waals surface area contributed by atoms with E-state index in [2.05, 4.69) is 17.3 Å². The maximum Gasteiger partial charge on any atom is 0.251 e. The van der Waals surface area contributed by atoms with Crippen LogP contribution in [0, 0.1) is 0 Å². The lowest BCUT2D eigenvalue weighted by Crippen LogP contribution is -2.44. The van der Waals surface area contributed by atoms with Crippen LogP contribution in [0.1, 0.15) is 29.6 Å². The van der Waals surface area contributed by atoms with E-state index in [9.17, 15) is 4.79 Å². The number of benzene rings is 1. The number of hydrogen-bond donors (Lipinski definition) is 2. The number of rotatable bonds is 3. The van der Waals surface area contributed by atoms with Crippen LogP contribution in [0.5, 0.6) is 0 Å². The minimum atomic E-state index is -0.0195. The fraction of sp³-hybridized carbons (Fsp3) is 0.500.